The molecule has 1 saturated heterocycles. The minimum absolute atomic E-state index is 0.108. The van der Waals surface area contributed by atoms with Crippen molar-refractivity contribution in [1.29, 1.82) is 0 Å². The van der Waals surface area contributed by atoms with E-state index in [1.807, 2.05) is 16.9 Å². The average Bonchev–Trinajstić information content (AvgIpc) is 2.77. The van der Waals surface area contributed by atoms with E-state index in [1.54, 1.807) is 0 Å². The first-order valence-corrected chi connectivity index (χ1v) is 5.68. The first-order chi connectivity index (χ1) is 7.33. The number of aryl methyl sites for hydroxylation is 1. The summed E-state index contributed by atoms with van der Waals surface area (Å²) in [7, 11) is 0. The van der Waals surface area contributed by atoms with Gasteiger partial charge in [-0.2, -0.15) is 5.10 Å². The molecular formula is C11H19N3O. The van der Waals surface area contributed by atoms with E-state index in [2.05, 4.69) is 12.0 Å². The van der Waals surface area contributed by atoms with Gasteiger partial charge in [-0.1, -0.05) is 0 Å². The number of aromatic nitrogens is 2. The van der Waals surface area contributed by atoms with Gasteiger partial charge in [-0.15, -0.1) is 0 Å². The molecule has 0 aliphatic carbocycles. The van der Waals surface area contributed by atoms with E-state index >= 15 is 0 Å². The molecule has 1 aliphatic heterocycles. The molecule has 1 atom stereocenters. The van der Waals surface area contributed by atoms with Gasteiger partial charge < -0.3 is 10.5 Å². The van der Waals surface area contributed by atoms with E-state index in [1.165, 1.54) is 0 Å². The molecule has 1 aliphatic rings. The third-order valence-corrected chi connectivity index (χ3v) is 3.16. The zero-order valence-electron chi connectivity index (χ0n) is 9.22. The fraction of sp³-hybridized carbons (Fsp3) is 0.727. The third kappa shape index (κ3) is 2.21. The fourth-order valence-electron chi connectivity index (χ4n) is 2.21. The van der Waals surface area contributed by atoms with E-state index < -0.39 is 0 Å². The molecule has 2 N–H and O–H groups in total. The summed E-state index contributed by atoms with van der Waals surface area (Å²) in [4.78, 5) is 0. The second-order valence-electron chi connectivity index (χ2n) is 4.05. The zero-order valence-corrected chi connectivity index (χ0v) is 9.22. The van der Waals surface area contributed by atoms with Crippen LogP contribution in [0.4, 0.5) is 0 Å². The Hall–Kier alpha value is -0.870. The van der Waals surface area contributed by atoms with Crippen LogP contribution in [0.5, 0.6) is 0 Å². The van der Waals surface area contributed by atoms with Crippen LogP contribution in [0.2, 0.25) is 0 Å². The number of ether oxygens (including phenoxy) is 1. The summed E-state index contributed by atoms with van der Waals surface area (Å²) in [6.07, 6.45) is 3.96. The molecule has 0 aromatic carbocycles. The Bertz CT molecular complexity index is 305. The van der Waals surface area contributed by atoms with E-state index in [4.69, 9.17) is 10.5 Å². The molecule has 0 saturated carbocycles. The number of hydrogen-bond acceptors (Lipinski definition) is 3. The molecule has 2 rings (SSSR count). The molecule has 1 aromatic heterocycles. The lowest BCUT2D eigenvalue weighted by Gasteiger charge is -2.27. The summed E-state index contributed by atoms with van der Waals surface area (Å²) in [5.41, 5.74) is 7.43. The maximum atomic E-state index is 6.27. The highest BCUT2D eigenvalue weighted by molar-refractivity contribution is 5.08. The molecule has 1 unspecified atom stereocenters. The Morgan fingerprint density at radius 3 is 3.00 bits per heavy atom. The maximum absolute atomic E-state index is 6.27. The van der Waals surface area contributed by atoms with Gasteiger partial charge in [0.15, 0.2) is 0 Å². The number of nitrogens with two attached hydrogens (primary N) is 1. The van der Waals surface area contributed by atoms with Crippen molar-refractivity contribution in [2.24, 2.45) is 11.7 Å². The van der Waals surface area contributed by atoms with Gasteiger partial charge >= 0.3 is 0 Å². The van der Waals surface area contributed by atoms with Crippen molar-refractivity contribution in [3.63, 3.8) is 0 Å². The molecule has 0 bridgehead atoms. The maximum Gasteiger partial charge on any atom is 0.0554 e. The molecule has 1 aromatic rings. The number of rotatable bonds is 3. The monoisotopic (exact) mass is 209 g/mol. The molecule has 4 nitrogen and oxygen atoms in total. The number of nitrogens with zero attached hydrogens (tertiary/aromatic N) is 2. The van der Waals surface area contributed by atoms with Gasteiger partial charge in [-0.05, 0) is 31.7 Å². The van der Waals surface area contributed by atoms with Crippen LogP contribution in [0.1, 0.15) is 31.5 Å². The van der Waals surface area contributed by atoms with Gasteiger partial charge in [0.2, 0.25) is 0 Å². The molecule has 0 radical (unpaired) electrons. The van der Waals surface area contributed by atoms with Crippen LogP contribution in [0.25, 0.3) is 0 Å². The second-order valence-corrected chi connectivity index (χ2v) is 4.05. The molecule has 84 valence electrons. The highest BCUT2D eigenvalue weighted by Crippen LogP contribution is 2.27. The van der Waals surface area contributed by atoms with Crippen LogP contribution in [-0.4, -0.2) is 23.0 Å². The van der Waals surface area contributed by atoms with Gasteiger partial charge in [0, 0.05) is 32.0 Å². The van der Waals surface area contributed by atoms with Crippen LogP contribution in [0, 0.1) is 5.92 Å². The summed E-state index contributed by atoms with van der Waals surface area (Å²) >= 11 is 0. The Balaban J connectivity index is 2.08. The summed E-state index contributed by atoms with van der Waals surface area (Å²) < 4.78 is 7.33. The zero-order chi connectivity index (χ0) is 10.7. The lowest BCUT2D eigenvalue weighted by atomic mass is 9.90. The first kappa shape index (κ1) is 10.6. The normalized spacial score (nSPS) is 20.4. The highest BCUT2D eigenvalue weighted by Gasteiger charge is 2.24. The minimum Gasteiger partial charge on any atom is -0.381 e. The summed E-state index contributed by atoms with van der Waals surface area (Å²) in [6, 6.07) is 2.14. The molecule has 1 fully saturated rings. The molecule has 0 amide bonds. The van der Waals surface area contributed by atoms with Crippen LogP contribution >= 0.6 is 0 Å². The highest BCUT2D eigenvalue weighted by atomic mass is 16.5. The van der Waals surface area contributed by atoms with Crippen LogP contribution in [0.15, 0.2) is 12.3 Å². The third-order valence-electron chi connectivity index (χ3n) is 3.16. The predicted octanol–water partition coefficient (Wildman–Crippen LogP) is 1.33. The first-order valence-electron chi connectivity index (χ1n) is 5.68. The molecule has 4 heteroatoms. The summed E-state index contributed by atoms with van der Waals surface area (Å²) in [6.45, 7) is 4.67. The van der Waals surface area contributed by atoms with E-state index in [-0.39, 0.29) is 6.04 Å². The van der Waals surface area contributed by atoms with Gasteiger partial charge in [0.25, 0.3) is 0 Å². The fourth-order valence-corrected chi connectivity index (χ4v) is 2.21. The van der Waals surface area contributed by atoms with Gasteiger partial charge in [-0.3, -0.25) is 4.68 Å². The van der Waals surface area contributed by atoms with Crippen LogP contribution in [-0.2, 0) is 11.3 Å². The second kappa shape index (κ2) is 4.77. The van der Waals surface area contributed by atoms with Gasteiger partial charge in [-0.25, -0.2) is 0 Å². The van der Waals surface area contributed by atoms with Crippen molar-refractivity contribution in [2.45, 2.75) is 32.4 Å². The Morgan fingerprint density at radius 2 is 2.33 bits per heavy atom. The van der Waals surface area contributed by atoms with Crippen molar-refractivity contribution in [2.75, 3.05) is 13.2 Å². The molecule has 2 heterocycles. The van der Waals surface area contributed by atoms with Crippen LogP contribution in [0.3, 0.4) is 0 Å². The van der Waals surface area contributed by atoms with E-state index in [9.17, 15) is 0 Å². The quantitative estimate of drug-likeness (QED) is 0.817. The van der Waals surface area contributed by atoms with Crippen molar-refractivity contribution < 1.29 is 4.74 Å². The minimum atomic E-state index is 0.108. The molecular weight excluding hydrogens is 190 g/mol. The van der Waals surface area contributed by atoms with E-state index in [0.29, 0.717) is 5.92 Å². The smallest absolute Gasteiger partial charge is 0.0554 e. The van der Waals surface area contributed by atoms with Crippen molar-refractivity contribution >= 4 is 0 Å². The number of hydrogen-bond donors (Lipinski definition) is 1. The van der Waals surface area contributed by atoms with Gasteiger partial charge in [0.1, 0.15) is 0 Å². The van der Waals surface area contributed by atoms with E-state index in [0.717, 1.165) is 38.3 Å². The van der Waals surface area contributed by atoms with Gasteiger partial charge in [0.05, 0.1) is 5.69 Å². The van der Waals surface area contributed by atoms with Crippen molar-refractivity contribution in [3.05, 3.63) is 18.0 Å². The molecule has 15 heavy (non-hydrogen) atoms. The topological polar surface area (TPSA) is 53.1 Å². The Morgan fingerprint density at radius 1 is 1.60 bits per heavy atom. The SMILES string of the molecule is CCn1nccc1C(N)C1CCOCC1. The standard InChI is InChI=1S/C11H19N3O/c1-2-14-10(3-6-13-14)11(12)9-4-7-15-8-5-9/h3,6,9,11H,2,4-5,7-8,12H2,1H3. The largest absolute Gasteiger partial charge is 0.381 e. The lowest BCUT2D eigenvalue weighted by Crippen LogP contribution is -2.29. The summed E-state index contributed by atoms with van der Waals surface area (Å²) in [5, 5.41) is 4.26. The predicted molar refractivity (Wildman–Crippen MR) is 58.4 cm³/mol. The average molecular weight is 209 g/mol. The van der Waals surface area contributed by atoms with Crippen molar-refractivity contribution in [1.82, 2.24) is 9.78 Å². The lowest BCUT2D eigenvalue weighted by molar-refractivity contribution is 0.0574. The Labute approximate surface area is 90.4 Å². The summed E-state index contributed by atoms with van der Waals surface area (Å²) in [5.74, 6) is 0.542. The van der Waals surface area contributed by atoms with Crippen molar-refractivity contribution in [3.8, 4) is 0 Å². The molecule has 0 spiro atoms. The van der Waals surface area contributed by atoms with Crippen LogP contribution < -0.4 is 5.73 Å². The Kier molecular flexibility index (Phi) is 3.38.